The number of rotatable bonds is 3. The normalized spacial score (nSPS) is 46.5. The average Bonchev–Trinajstić information content (AvgIpc) is 2.88. The lowest BCUT2D eigenvalue weighted by molar-refractivity contribution is 0.142. The van der Waals surface area contributed by atoms with E-state index in [1.54, 1.807) is 6.42 Å². The summed E-state index contributed by atoms with van der Waals surface area (Å²) in [5.41, 5.74) is 0.587. The average molecular weight is 249 g/mol. The highest BCUT2D eigenvalue weighted by Gasteiger charge is 2.40. The van der Waals surface area contributed by atoms with Crippen LogP contribution in [0.5, 0.6) is 0 Å². The minimum absolute atomic E-state index is 0.587. The Bertz CT molecular complexity index is 296. The van der Waals surface area contributed by atoms with Crippen molar-refractivity contribution in [2.45, 2.75) is 71.8 Å². The summed E-state index contributed by atoms with van der Waals surface area (Å²) in [5, 5.41) is 3.94. The van der Waals surface area contributed by atoms with Crippen LogP contribution in [0.4, 0.5) is 0 Å². The first-order valence-corrected chi connectivity index (χ1v) is 8.27. The van der Waals surface area contributed by atoms with Crippen molar-refractivity contribution in [3.8, 4) is 0 Å². The molecular formula is C17H31N. The van der Waals surface area contributed by atoms with Crippen molar-refractivity contribution in [2.24, 2.45) is 29.1 Å². The van der Waals surface area contributed by atoms with Crippen molar-refractivity contribution in [2.75, 3.05) is 6.54 Å². The molecule has 0 heterocycles. The van der Waals surface area contributed by atoms with Gasteiger partial charge in [0.15, 0.2) is 0 Å². The van der Waals surface area contributed by atoms with Gasteiger partial charge < -0.3 is 5.32 Å². The molecule has 3 fully saturated rings. The second-order valence-corrected chi connectivity index (χ2v) is 8.33. The van der Waals surface area contributed by atoms with E-state index in [2.05, 4.69) is 26.1 Å². The molecule has 0 aromatic heterocycles. The Hall–Kier alpha value is -0.0400. The molecule has 0 aromatic carbocycles. The van der Waals surface area contributed by atoms with Crippen molar-refractivity contribution in [3.63, 3.8) is 0 Å². The van der Waals surface area contributed by atoms with Gasteiger partial charge in [-0.05, 0) is 74.2 Å². The number of nitrogens with one attached hydrogen (secondary N) is 1. The van der Waals surface area contributed by atoms with Crippen LogP contribution >= 0.6 is 0 Å². The van der Waals surface area contributed by atoms with Gasteiger partial charge in [0.2, 0.25) is 0 Å². The van der Waals surface area contributed by atoms with Crippen LogP contribution in [0, 0.1) is 29.1 Å². The van der Waals surface area contributed by atoms with Gasteiger partial charge in [0.25, 0.3) is 0 Å². The summed E-state index contributed by atoms with van der Waals surface area (Å²) in [6.45, 7) is 8.65. The van der Waals surface area contributed by atoms with Crippen LogP contribution in [0.3, 0.4) is 0 Å². The Morgan fingerprint density at radius 3 is 2.56 bits per heavy atom. The second kappa shape index (κ2) is 4.81. The topological polar surface area (TPSA) is 12.0 Å². The Morgan fingerprint density at radius 1 is 1.11 bits per heavy atom. The number of hydrogen-bond donors (Lipinski definition) is 1. The van der Waals surface area contributed by atoms with E-state index in [0.717, 1.165) is 29.7 Å². The largest absolute Gasteiger partial charge is 0.313 e. The molecule has 0 spiro atoms. The minimum Gasteiger partial charge on any atom is -0.313 e. The van der Waals surface area contributed by atoms with Gasteiger partial charge in [-0.3, -0.25) is 0 Å². The first-order chi connectivity index (χ1) is 8.53. The van der Waals surface area contributed by atoms with Gasteiger partial charge >= 0.3 is 0 Å². The van der Waals surface area contributed by atoms with E-state index in [4.69, 9.17) is 0 Å². The van der Waals surface area contributed by atoms with Crippen LogP contribution in [-0.4, -0.2) is 12.6 Å². The van der Waals surface area contributed by atoms with Crippen LogP contribution in [0.15, 0.2) is 0 Å². The maximum absolute atomic E-state index is 3.94. The summed E-state index contributed by atoms with van der Waals surface area (Å²) in [4.78, 5) is 0. The molecule has 5 unspecified atom stereocenters. The third-order valence-electron chi connectivity index (χ3n) is 6.22. The quantitative estimate of drug-likeness (QED) is 0.789. The molecule has 0 amide bonds. The molecule has 5 atom stereocenters. The molecule has 0 aliphatic heterocycles. The van der Waals surface area contributed by atoms with Crippen molar-refractivity contribution >= 4 is 0 Å². The van der Waals surface area contributed by atoms with Crippen LogP contribution in [-0.2, 0) is 0 Å². The zero-order chi connectivity index (χ0) is 12.8. The second-order valence-electron chi connectivity index (χ2n) is 8.33. The van der Waals surface area contributed by atoms with Gasteiger partial charge in [-0.25, -0.2) is 0 Å². The predicted molar refractivity (Wildman–Crippen MR) is 77.5 cm³/mol. The SMILES string of the molecule is CC1CC(C)(C)CCC1NCC1CC2CCC1C2. The molecule has 1 nitrogen and oxygen atoms in total. The smallest absolute Gasteiger partial charge is 0.00932 e. The van der Waals surface area contributed by atoms with Gasteiger partial charge in [0, 0.05) is 6.04 Å². The van der Waals surface area contributed by atoms with E-state index >= 15 is 0 Å². The van der Waals surface area contributed by atoms with Crippen molar-refractivity contribution in [3.05, 3.63) is 0 Å². The molecule has 0 aromatic rings. The standard InChI is InChI=1S/C17H31N/c1-12-10-17(2,3)7-6-16(12)18-11-15-9-13-4-5-14(15)8-13/h12-16,18H,4-11H2,1-3H3. The Labute approximate surface area is 113 Å². The Kier molecular flexibility index (Phi) is 3.47. The summed E-state index contributed by atoms with van der Waals surface area (Å²) >= 11 is 0. The van der Waals surface area contributed by atoms with Crippen molar-refractivity contribution in [1.29, 1.82) is 0 Å². The summed E-state index contributed by atoms with van der Waals surface area (Å²) in [5.74, 6) is 4.07. The van der Waals surface area contributed by atoms with E-state index in [1.165, 1.54) is 45.1 Å². The number of fused-ring (bicyclic) bond motifs is 2. The summed E-state index contributed by atoms with van der Waals surface area (Å²) in [6, 6.07) is 0.803. The fraction of sp³-hybridized carbons (Fsp3) is 1.00. The minimum atomic E-state index is 0.587. The molecule has 0 saturated heterocycles. The molecule has 3 rings (SSSR count). The van der Waals surface area contributed by atoms with E-state index in [1.807, 2.05) is 0 Å². The monoisotopic (exact) mass is 249 g/mol. The maximum atomic E-state index is 3.94. The zero-order valence-corrected chi connectivity index (χ0v) is 12.5. The van der Waals surface area contributed by atoms with Crippen LogP contribution in [0.1, 0.15) is 65.7 Å². The lowest BCUT2D eigenvalue weighted by atomic mass is 9.70. The Balaban J connectivity index is 1.46. The highest BCUT2D eigenvalue weighted by atomic mass is 14.9. The summed E-state index contributed by atoms with van der Waals surface area (Å²) in [6.07, 6.45) is 10.4. The fourth-order valence-corrected chi connectivity index (χ4v) is 5.18. The van der Waals surface area contributed by atoms with Gasteiger partial charge in [-0.2, -0.15) is 0 Å². The molecule has 3 aliphatic carbocycles. The fourth-order valence-electron chi connectivity index (χ4n) is 5.18. The highest BCUT2D eigenvalue weighted by molar-refractivity contribution is 4.93. The van der Waals surface area contributed by atoms with Gasteiger partial charge in [-0.15, -0.1) is 0 Å². The van der Waals surface area contributed by atoms with Crippen molar-refractivity contribution < 1.29 is 0 Å². The van der Waals surface area contributed by atoms with Crippen molar-refractivity contribution in [1.82, 2.24) is 5.32 Å². The molecular weight excluding hydrogens is 218 g/mol. The summed E-state index contributed by atoms with van der Waals surface area (Å²) in [7, 11) is 0. The highest BCUT2D eigenvalue weighted by Crippen LogP contribution is 2.48. The van der Waals surface area contributed by atoms with E-state index in [9.17, 15) is 0 Å². The van der Waals surface area contributed by atoms with Gasteiger partial charge in [-0.1, -0.05) is 27.2 Å². The predicted octanol–water partition coefficient (Wildman–Crippen LogP) is 4.23. The van der Waals surface area contributed by atoms with Gasteiger partial charge in [0.1, 0.15) is 0 Å². The third kappa shape index (κ3) is 2.61. The first kappa shape index (κ1) is 13.0. The molecule has 0 radical (unpaired) electrons. The molecule has 1 N–H and O–H groups in total. The molecule has 2 bridgehead atoms. The Morgan fingerprint density at radius 2 is 1.94 bits per heavy atom. The van der Waals surface area contributed by atoms with E-state index in [-0.39, 0.29) is 0 Å². The van der Waals surface area contributed by atoms with Crippen LogP contribution < -0.4 is 5.32 Å². The molecule has 1 heteroatoms. The molecule has 18 heavy (non-hydrogen) atoms. The van der Waals surface area contributed by atoms with Crippen LogP contribution in [0.2, 0.25) is 0 Å². The van der Waals surface area contributed by atoms with Crippen LogP contribution in [0.25, 0.3) is 0 Å². The van der Waals surface area contributed by atoms with E-state index in [0.29, 0.717) is 5.41 Å². The molecule has 3 saturated carbocycles. The third-order valence-corrected chi connectivity index (χ3v) is 6.22. The zero-order valence-electron chi connectivity index (χ0n) is 12.5. The lowest BCUT2D eigenvalue weighted by Gasteiger charge is -2.40. The molecule has 3 aliphatic rings. The lowest BCUT2D eigenvalue weighted by Crippen LogP contribution is -2.44. The maximum Gasteiger partial charge on any atom is 0.00932 e. The van der Waals surface area contributed by atoms with Gasteiger partial charge in [0.05, 0.1) is 0 Å². The van der Waals surface area contributed by atoms with E-state index < -0.39 is 0 Å². The number of hydrogen-bond acceptors (Lipinski definition) is 1. The summed E-state index contributed by atoms with van der Waals surface area (Å²) < 4.78 is 0. The molecule has 104 valence electrons. The first-order valence-electron chi connectivity index (χ1n) is 8.27.